The van der Waals surface area contributed by atoms with Gasteiger partial charge in [0.1, 0.15) is 12.2 Å². The summed E-state index contributed by atoms with van der Waals surface area (Å²) in [4.78, 5) is 24.1. The van der Waals surface area contributed by atoms with Gasteiger partial charge in [-0.3, -0.25) is 9.59 Å². The van der Waals surface area contributed by atoms with Crippen molar-refractivity contribution in [1.82, 2.24) is 0 Å². The van der Waals surface area contributed by atoms with E-state index in [4.69, 9.17) is 9.47 Å². The number of allylic oxidation sites excluding steroid dienone is 2. The Morgan fingerprint density at radius 3 is 2.77 bits per heavy atom. The number of aliphatic hydroxyl groups excluding tert-OH is 2. The molecule has 3 aliphatic rings. The molecular formula is C24H36O6. The van der Waals surface area contributed by atoms with Crippen molar-refractivity contribution in [2.75, 3.05) is 0 Å². The van der Waals surface area contributed by atoms with Crippen molar-refractivity contribution < 1.29 is 29.3 Å². The standard InChI is InChI=1S/C24H36O6/c1-3-4-5-6-22(27)30-21-13-17(25)11-16-8-7-15(2)20(24(16)21)10-9-19-12-18(26)14-23(28)29-19/h7-8,11,15,17-21,24-26H,3-6,9-10,12-14H2,1-2H3/t15-,17+,18+,19+,20-,21-,24-/m0/s1. The Morgan fingerprint density at radius 2 is 2.03 bits per heavy atom. The normalized spacial score (nSPS) is 35.9. The van der Waals surface area contributed by atoms with Crippen molar-refractivity contribution in [3.63, 3.8) is 0 Å². The van der Waals surface area contributed by atoms with Gasteiger partial charge in [0, 0.05) is 25.2 Å². The number of hydrogen-bond acceptors (Lipinski definition) is 6. The highest BCUT2D eigenvalue weighted by Gasteiger charge is 2.42. The van der Waals surface area contributed by atoms with Crippen molar-refractivity contribution in [3.8, 4) is 0 Å². The number of aliphatic hydroxyl groups is 2. The first-order chi connectivity index (χ1) is 14.4. The molecule has 168 valence electrons. The van der Waals surface area contributed by atoms with E-state index < -0.39 is 12.2 Å². The SMILES string of the molecule is CCCCCC(=O)O[C@H]1C[C@H](O)C=C2C=C[C@H](C)[C@H](CC[C@@H]3C[C@@H](O)CC(=O)O3)[C@H]21. The molecule has 0 bridgehead atoms. The number of unbranched alkanes of at least 4 members (excludes halogenated alkanes) is 2. The van der Waals surface area contributed by atoms with Crippen LogP contribution in [0.1, 0.15) is 71.6 Å². The summed E-state index contributed by atoms with van der Waals surface area (Å²) in [6.45, 7) is 4.26. The van der Waals surface area contributed by atoms with Crippen LogP contribution in [0.25, 0.3) is 0 Å². The minimum atomic E-state index is -0.628. The first-order valence-corrected chi connectivity index (χ1v) is 11.5. The number of carbonyl (C=O) groups excluding carboxylic acids is 2. The predicted octanol–water partition coefficient (Wildman–Crippen LogP) is 3.45. The summed E-state index contributed by atoms with van der Waals surface area (Å²) >= 11 is 0. The van der Waals surface area contributed by atoms with E-state index in [2.05, 4.69) is 26.0 Å². The summed E-state index contributed by atoms with van der Waals surface area (Å²) < 4.78 is 11.3. The third kappa shape index (κ3) is 5.94. The lowest BCUT2D eigenvalue weighted by Crippen LogP contribution is -2.42. The van der Waals surface area contributed by atoms with Crippen LogP contribution in [0.3, 0.4) is 0 Å². The van der Waals surface area contributed by atoms with Gasteiger partial charge in [-0.15, -0.1) is 0 Å². The molecule has 6 heteroatoms. The molecule has 0 spiro atoms. The predicted molar refractivity (Wildman–Crippen MR) is 112 cm³/mol. The van der Waals surface area contributed by atoms with Gasteiger partial charge in [0.15, 0.2) is 0 Å². The third-order valence-corrected chi connectivity index (χ3v) is 6.70. The minimum Gasteiger partial charge on any atom is -0.462 e. The molecule has 0 aromatic carbocycles. The Bertz CT molecular complexity index is 669. The Kier molecular flexibility index (Phi) is 8.12. The molecule has 0 aromatic rings. The summed E-state index contributed by atoms with van der Waals surface area (Å²) in [7, 11) is 0. The Hall–Kier alpha value is -1.66. The van der Waals surface area contributed by atoms with Gasteiger partial charge in [-0.2, -0.15) is 0 Å². The fourth-order valence-electron chi connectivity index (χ4n) is 5.15. The van der Waals surface area contributed by atoms with Crippen LogP contribution in [0.15, 0.2) is 23.8 Å². The first-order valence-electron chi connectivity index (χ1n) is 11.5. The maximum absolute atomic E-state index is 12.4. The molecule has 1 saturated heterocycles. The first kappa shape index (κ1) is 23.0. The lowest BCUT2D eigenvalue weighted by molar-refractivity contribution is -0.161. The number of esters is 2. The highest BCUT2D eigenvalue weighted by Crippen LogP contribution is 2.44. The van der Waals surface area contributed by atoms with E-state index in [1.807, 2.05) is 6.08 Å². The molecule has 1 fully saturated rings. The van der Waals surface area contributed by atoms with E-state index in [1.54, 1.807) is 0 Å². The maximum Gasteiger partial charge on any atom is 0.308 e. The van der Waals surface area contributed by atoms with Crippen molar-refractivity contribution in [2.24, 2.45) is 17.8 Å². The highest BCUT2D eigenvalue weighted by atomic mass is 16.5. The fourth-order valence-corrected chi connectivity index (χ4v) is 5.15. The summed E-state index contributed by atoms with van der Waals surface area (Å²) in [5.41, 5.74) is 1.03. The zero-order chi connectivity index (χ0) is 21.7. The number of cyclic esters (lactones) is 1. The molecular weight excluding hydrogens is 384 g/mol. The topological polar surface area (TPSA) is 93.1 Å². The molecule has 2 aliphatic carbocycles. The quantitative estimate of drug-likeness (QED) is 0.461. The molecule has 7 atom stereocenters. The van der Waals surface area contributed by atoms with E-state index in [0.29, 0.717) is 25.7 Å². The molecule has 1 heterocycles. The molecule has 2 N–H and O–H groups in total. The Balaban J connectivity index is 1.68. The van der Waals surface area contributed by atoms with Crippen LogP contribution in [-0.4, -0.2) is 46.6 Å². The summed E-state index contributed by atoms with van der Waals surface area (Å²) in [5, 5.41) is 20.2. The van der Waals surface area contributed by atoms with Crippen molar-refractivity contribution in [2.45, 2.75) is 96.1 Å². The zero-order valence-electron chi connectivity index (χ0n) is 18.2. The number of carbonyl (C=O) groups is 2. The molecule has 0 unspecified atom stereocenters. The van der Waals surface area contributed by atoms with Crippen molar-refractivity contribution >= 4 is 11.9 Å². The third-order valence-electron chi connectivity index (χ3n) is 6.70. The van der Waals surface area contributed by atoms with Gasteiger partial charge in [-0.1, -0.05) is 44.9 Å². The fraction of sp³-hybridized carbons (Fsp3) is 0.750. The Morgan fingerprint density at radius 1 is 1.23 bits per heavy atom. The molecule has 0 saturated carbocycles. The van der Waals surface area contributed by atoms with Gasteiger partial charge in [0.25, 0.3) is 0 Å². The van der Waals surface area contributed by atoms with Crippen LogP contribution < -0.4 is 0 Å². The molecule has 0 aromatic heterocycles. The van der Waals surface area contributed by atoms with Crippen molar-refractivity contribution in [1.29, 1.82) is 0 Å². The number of rotatable bonds is 8. The van der Waals surface area contributed by atoms with E-state index in [-0.39, 0.29) is 48.3 Å². The number of hydrogen-bond donors (Lipinski definition) is 2. The summed E-state index contributed by atoms with van der Waals surface area (Å²) in [6.07, 6.45) is 9.97. The minimum absolute atomic E-state index is 0.0349. The van der Waals surface area contributed by atoms with Gasteiger partial charge >= 0.3 is 11.9 Å². The average molecular weight is 421 g/mol. The molecule has 1 aliphatic heterocycles. The van der Waals surface area contributed by atoms with Gasteiger partial charge in [-0.25, -0.2) is 0 Å². The zero-order valence-corrected chi connectivity index (χ0v) is 18.2. The van der Waals surface area contributed by atoms with Crippen LogP contribution >= 0.6 is 0 Å². The second-order valence-electron chi connectivity index (χ2n) is 9.15. The van der Waals surface area contributed by atoms with Gasteiger partial charge in [0.05, 0.1) is 18.6 Å². The number of ether oxygens (including phenoxy) is 2. The highest BCUT2D eigenvalue weighted by molar-refractivity contribution is 5.71. The molecule has 0 radical (unpaired) electrons. The van der Waals surface area contributed by atoms with Gasteiger partial charge in [0.2, 0.25) is 0 Å². The second-order valence-corrected chi connectivity index (χ2v) is 9.15. The van der Waals surface area contributed by atoms with Crippen molar-refractivity contribution in [3.05, 3.63) is 23.8 Å². The average Bonchev–Trinajstić information content (AvgIpc) is 2.67. The smallest absolute Gasteiger partial charge is 0.308 e. The molecule has 30 heavy (non-hydrogen) atoms. The van der Waals surface area contributed by atoms with Gasteiger partial charge < -0.3 is 19.7 Å². The Labute approximate surface area is 179 Å². The van der Waals surface area contributed by atoms with Crippen LogP contribution in [0.2, 0.25) is 0 Å². The van der Waals surface area contributed by atoms with E-state index in [0.717, 1.165) is 31.3 Å². The lowest BCUT2D eigenvalue weighted by atomic mass is 9.66. The van der Waals surface area contributed by atoms with Gasteiger partial charge in [-0.05, 0) is 36.7 Å². The maximum atomic E-state index is 12.4. The molecule has 0 amide bonds. The molecule has 6 nitrogen and oxygen atoms in total. The van der Waals surface area contributed by atoms with Crippen LogP contribution in [0.4, 0.5) is 0 Å². The summed E-state index contributed by atoms with van der Waals surface area (Å²) in [5.74, 6) is 0.0170. The largest absolute Gasteiger partial charge is 0.462 e. The van der Waals surface area contributed by atoms with E-state index in [9.17, 15) is 19.8 Å². The van der Waals surface area contributed by atoms with E-state index in [1.165, 1.54) is 0 Å². The monoisotopic (exact) mass is 420 g/mol. The van der Waals surface area contributed by atoms with Crippen LogP contribution in [0.5, 0.6) is 0 Å². The van der Waals surface area contributed by atoms with Crippen LogP contribution in [0, 0.1) is 17.8 Å². The van der Waals surface area contributed by atoms with Crippen LogP contribution in [-0.2, 0) is 19.1 Å². The van der Waals surface area contributed by atoms with E-state index >= 15 is 0 Å². The summed E-state index contributed by atoms with van der Waals surface area (Å²) in [6, 6.07) is 0. The second kappa shape index (κ2) is 10.6. The lowest BCUT2D eigenvalue weighted by Gasteiger charge is -2.43. The molecule has 3 rings (SSSR count). The number of fused-ring (bicyclic) bond motifs is 1.